The van der Waals surface area contributed by atoms with Crippen LogP contribution in [0.5, 0.6) is 0 Å². The van der Waals surface area contributed by atoms with Gasteiger partial charge in [-0.1, -0.05) is 42.5 Å². The van der Waals surface area contributed by atoms with Gasteiger partial charge in [0, 0.05) is 25.6 Å². The van der Waals surface area contributed by atoms with Gasteiger partial charge in [-0.25, -0.2) is 4.79 Å². The summed E-state index contributed by atoms with van der Waals surface area (Å²) in [4.78, 5) is 42.0. The van der Waals surface area contributed by atoms with Crippen molar-refractivity contribution in [2.75, 3.05) is 19.6 Å². The zero-order valence-electron chi connectivity index (χ0n) is 20.3. The van der Waals surface area contributed by atoms with Crippen molar-refractivity contribution in [3.8, 4) is 6.07 Å². The highest BCUT2D eigenvalue weighted by atomic mass is 16.2. The molecule has 0 unspecified atom stereocenters. The van der Waals surface area contributed by atoms with E-state index in [4.69, 9.17) is 5.26 Å². The summed E-state index contributed by atoms with van der Waals surface area (Å²) in [5.74, 6) is 0.133. The minimum Gasteiger partial charge on any atom is -0.349 e. The number of urea groups is 1. The summed E-state index contributed by atoms with van der Waals surface area (Å²) in [7, 11) is 0. The molecule has 2 saturated heterocycles. The monoisotopic (exact) mass is 485 g/mol. The molecule has 1 aliphatic carbocycles. The van der Waals surface area contributed by atoms with Crippen LogP contribution in [0.4, 0.5) is 4.79 Å². The topological polar surface area (TPSA) is 106 Å². The van der Waals surface area contributed by atoms with Crippen LogP contribution in [-0.2, 0) is 16.1 Å². The number of imide groups is 1. The van der Waals surface area contributed by atoms with Crippen LogP contribution in [0.2, 0.25) is 0 Å². The number of hydrogen-bond acceptors (Lipinski definition) is 5. The van der Waals surface area contributed by atoms with Crippen LogP contribution in [-0.4, -0.2) is 52.8 Å². The van der Waals surface area contributed by atoms with E-state index < -0.39 is 5.54 Å². The second-order valence-corrected chi connectivity index (χ2v) is 10.1. The van der Waals surface area contributed by atoms with E-state index in [2.05, 4.69) is 33.7 Å². The number of nitrogens with zero attached hydrogens (tertiary/aromatic N) is 3. The van der Waals surface area contributed by atoms with Crippen molar-refractivity contribution in [1.29, 1.82) is 5.26 Å². The molecule has 1 spiro atoms. The first-order chi connectivity index (χ1) is 17.5. The van der Waals surface area contributed by atoms with E-state index >= 15 is 0 Å². The van der Waals surface area contributed by atoms with E-state index in [9.17, 15) is 14.4 Å². The van der Waals surface area contributed by atoms with Gasteiger partial charge in [-0.05, 0) is 55.4 Å². The van der Waals surface area contributed by atoms with Crippen molar-refractivity contribution in [2.24, 2.45) is 5.92 Å². The Morgan fingerprint density at radius 3 is 2.42 bits per heavy atom. The molecule has 3 aliphatic rings. The summed E-state index contributed by atoms with van der Waals surface area (Å²) in [6, 6.07) is 18.7. The first-order valence-electron chi connectivity index (χ1n) is 12.7. The lowest BCUT2D eigenvalue weighted by molar-refractivity contribution is -0.133. The smallest absolute Gasteiger partial charge is 0.325 e. The van der Waals surface area contributed by atoms with Crippen LogP contribution in [0.3, 0.4) is 0 Å². The number of piperidine rings is 1. The van der Waals surface area contributed by atoms with Gasteiger partial charge in [0.15, 0.2) is 0 Å². The average molecular weight is 486 g/mol. The van der Waals surface area contributed by atoms with E-state index in [0.29, 0.717) is 31.5 Å². The minimum atomic E-state index is -0.848. The molecule has 4 amide bonds. The molecule has 186 valence electrons. The Kier molecular flexibility index (Phi) is 6.75. The largest absolute Gasteiger partial charge is 0.349 e. The summed E-state index contributed by atoms with van der Waals surface area (Å²) in [5.41, 5.74) is 1.62. The predicted octanol–water partition coefficient (Wildman–Crippen LogP) is 3.10. The summed E-state index contributed by atoms with van der Waals surface area (Å²) in [6.45, 7) is 2.41. The molecule has 8 heteroatoms. The maximum absolute atomic E-state index is 13.3. The summed E-state index contributed by atoms with van der Waals surface area (Å²) >= 11 is 0. The number of likely N-dealkylation sites (tertiary alicyclic amines) is 1. The summed E-state index contributed by atoms with van der Waals surface area (Å²) < 4.78 is 0. The summed E-state index contributed by atoms with van der Waals surface area (Å²) in [6.07, 6.45) is 3.87. The molecular formula is C28H31N5O3. The van der Waals surface area contributed by atoms with Crippen molar-refractivity contribution in [3.63, 3.8) is 0 Å². The lowest BCUT2D eigenvalue weighted by atomic mass is 9.87. The van der Waals surface area contributed by atoms with Crippen molar-refractivity contribution >= 4 is 17.8 Å². The molecule has 2 heterocycles. The van der Waals surface area contributed by atoms with Crippen LogP contribution in [0.25, 0.3) is 0 Å². The van der Waals surface area contributed by atoms with Crippen molar-refractivity contribution < 1.29 is 14.4 Å². The van der Waals surface area contributed by atoms with Crippen molar-refractivity contribution in [3.05, 3.63) is 71.3 Å². The highest BCUT2D eigenvalue weighted by molar-refractivity contribution is 6.07. The molecule has 2 N–H and O–H groups in total. The molecule has 2 aromatic rings. The second kappa shape index (κ2) is 10.1. The zero-order chi connectivity index (χ0) is 25.1. The van der Waals surface area contributed by atoms with Gasteiger partial charge >= 0.3 is 6.03 Å². The molecule has 0 bridgehead atoms. The molecular weight excluding hydrogens is 454 g/mol. The van der Waals surface area contributed by atoms with Crippen LogP contribution in [0.1, 0.15) is 54.8 Å². The molecule has 2 aliphatic heterocycles. The van der Waals surface area contributed by atoms with Gasteiger partial charge in [0.05, 0.1) is 24.2 Å². The number of hydrogen-bond donors (Lipinski definition) is 2. The number of nitrogens with one attached hydrogen (secondary N) is 2. The third-order valence-electron chi connectivity index (χ3n) is 7.58. The van der Waals surface area contributed by atoms with E-state index in [1.165, 1.54) is 4.90 Å². The number of carbonyl (C=O) groups excluding carboxylic acids is 3. The maximum Gasteiger partial charge on any atom is 0.325 e. The SMILES string of the molecule is N#Cc1ccc(CN2C(=O)NC3(CCN(CC[C@H](NC(=O)C4CC4)c4ccccc4)CC3)C2=O)cc1. The van der Waals surface area contributed by atoms with E-state index in [1.807, 2.05) is 18.2 Å². The Bertz CT molecular complexity index is 1160. The highest BCUT2D eigenvalue weighted by Crippen LogP contribution is 2.32. The van der Waals surface area contributed by atoms with Crippen molar-refractivity contribution in [2.45, 2.75) is 50.2 Å². The molecule has 36 heavy (non-hydrogen) atoms. The van der Waals surface area contributed by atoms with E-state index in [-0.39, 0.29) is 36.3 Å². The molecule has 1 atom stereocenters. The first-order valence-corrected chi connectivity index (χ1v) is 12.7. The Morgan fingerprint density at radius 1 is 1.08 bits per heavy atom. The highest BCUT2D eigenvalue weighted by Gasteiger charge is 2.52. The maximum atomic E-state index is 13.3. The fraction of sp³-hybridized carbons (Fsp3) is 0.429. The zero-order valence-corrected chi connectivity index (χ0v) is 20.3. The number of rotatable bonds is 8. The molecule has 3 fully saturated rings. The van der Waals surface area contributed by atoms with Gasteiger partial charge in [-0.2, -0.15) is 5.26 Å². The standard InChI is InChI=1S/C28H31N5O3/c29-18-20-6-8-21(9-7-20)19-33-26(35)28(31-27(33)36)13-16-32(17-14-28)15-12-24(22-4-2-1-3-5-22)30-25(34)23-10-11-23/h1-9,23-24H,10-17,19H2,(H,30,34)(H,31,36)/t24-/m0/s1. The third-order valence-corrected chi connectivity index (χ3v) is 7.58. The van der Waals surface area contributed by atoms with Crippen molar-refractivity contribution in [1.82, 2.24) is 20.4 Å². The average Bonchev–Trinajstić information content (AvgIpc) is 3.74. The van der Waals surface area contributed by atoms with E-state index in [1.54, 1.807) is 24.3 Å². The van der Waals surface area contributed by atoms with Gasteiger partial charge in [0.25, 0.3) is 5.91 Å². The number of nitriles is 1. The third kappa shape index (κ3) is 5.12. The molecule has 2 aromatic carbocycles. The summed E-state index contributed by atoms with van der Waals surface area (Å²) in [5, 5.41) is 15.2. The van der Waals surface area contributed by atoms with Crippen LogP contribution < -0.4 is 10.6 Å². The van der Waals surface area contributed by atoms with Gasteiger partial charge < -0.3 is 15.5 Å². The number of amides is 4. The normalized spacial score (nSPS) is 20.1. The number of carbonyl (C=O) groups is 3. The van der Waals surface area contributed by atoms with Gasteiger partial charge in [0.1, 0.15) is 5.54 Å². The Morgan fingerprint density at radius 2 is 1.78 bits per heavy atom. The van der Waals surface area contributed by atoms with E-state index in [0.717, 1.165) is 36.9 Å². The quantitative estimate of drug-likeness (QED) is 0.559. The van der Waals surface area contributed by atoms with Gasteiger partial charge in [-0.15, -0.1) is 0 Å². The fourth-order valence-corrected chi connectivity index (χ4v) is 5.14. The first kappa shape index (κ1) is 24.0. The van der Waals surface area contributed by atoms with Gasteiger partial charge in [-0.3, -0.25) is 14.5 Å². The molecule has 5 rings (SSSR count). The molecule has 8 nitrogen and oxygen atoms in total. The lowest BCUT2D eigenvalue weighted by Gasteiger charge is -2.37. The minimum absolute atomic E-state index is 0.0362. The Balaban J connectivity index is 1.17. The second-order valence-electron chi connectivity index (χ2n) is 10.1. The predicted molar refractivity (Wildman–Crippen MR) is 133 cm³/mol. The van der Waals surface area contributed by atoms with Crippen LogP contribution in [0, 0.1) is 17.2 Å². The van der Waals surface area contributed by atoms with Gasteiger partial charge in [0.2, 0.25) is 5.91 Å². The lowest BCUT2D eigenvalue weighted by Crippen LogP contribution is -2.55. The molecule has 0 radical (unpaired) electrons. The Hall–Kier alpha value is -3.70. The number of benzene rings is 2. The van der Waals surface area contributed by atoms with Crippen LogP contribution in [0.15, 0.2) is 54.6 Å². The fourth-order valence-electron chi connectivity index (χ4n) is 5.14. The van der Waals surface area contributed by atoms with Crippen LogP contribution >= 0.6 is 0 Å². The molecule has 0 aromatic heterocycles. The Labute approximate surface area is 211 Å². The molecule has 1 saturated carbocycles.